The Bertz CT molecular complexity index is 523. The van der Waals surface area contributed by atoms with Crippen molar-refractivity contribution in [3.63, 3.8) is 0 Å². The molecule has 6 heteroatoms. The zero-order valence-corrected chi connectivity index (χ0v) is 13.1. The number of nitrogens with zero attached hydrogens (tertiary/aromatic N) is 1. The molecular weight excluding hydrogens is 292 g/mol. The fourth-order valence-corrected chi connectivity index (χ4v) is 3.17. The lowest BCUT2D eigenvalue weighted by Gasteiger charge is -2.01. The molecule has 1 N–H and O–H groups in total. The van der Waals surface area contributed by atoms with Gasteiger partial charge in [0.25, 0.3) is 0 Å². The molecule has 0 spiro atoms. The van der Waals surface area contributed by atoms with Crippen LogP contribution in [0.2, 0.25) is 0 Å². The van der Waals surface area contributed by atoms with E-state index in [1.165, 1.54) is 16.9 Å². The monoisotopic (exact) mass is 310 g/mol. The molecular formula is C14H18N2O2S2. The first kappa shape index (κ1) is 15.2. The maximum absolute atomic E-state index is 11.5. The Kier molecular flexibility index (Phi) is 6.17. The lowest BCUT2D eigenvalue weighted by Crippen LogP contribution is -2.15. The van der Waals surface area contributed by atoms with Crippen molar-refractivity contribution in [3.8, 4) is 0 Å². The molecule has 2 aromatic heterocycles. The highest BCUT2D eigenvalue weighted by atomic mass is 32.1. The molecule has 0 aliphatic carbocycles. The fraction of sp³-hybridized carbons (Fsp3) is 0.429. The third kappa shape index (κ3) is 4.70. The number of esters is 1. The lowest BCUT2D eigenvalue weighted by atomic mass is 10.2. The van der Waals surface area contributed by atoms with E-state index < -0.39 is 0 Å². The van der Waals surface area contributed by atoms with Crippen molar-refractivity contribution >= 4 is 28.6 Å². The molecule has 0 atom stereocenters. The van der Waals surface area contributed by atoms with Gasteiger partial charge < -0.3 is 10.1 Å². The Hall–Kier alpha value is -1.24. The number of aryl methyl sites for hydroxylation is 1. The van der Waals surface area contributed by atoms with Gasteiger partial charge >= 0.3 is 5.97 Å². The van der Waals surface area contributed by atoms with Crippen LogP contribution in [0.4, 0.5) is 0 Å². The van der Waals surface area contributed by atoms with Crippen LogP contribution >= 0.6 is 22.7 Å². The topological polar surface area (TPSA) is 51.2 Å². The second-order valence-corrected chi connectivity index (χ2v) is 5.98. The Labute approximate surface area is 126 Å². The van der Waals surface area contributed by atoms with E-state index >= 15 is 0 Å². The molecule has 2 aromatic rings. The predicted octanol–water partition coefficient (Wildman–Crippen LogP) is 3.10. The van der Waals surface area contributed by atoms with E-state index in [9.17, 15) is 4.79 Å². The Morgan fingerprint density at radius 2 is 2.35 bits per heavy atom. The number of thiazole rings is 1. The van der Waals surface area contributed by atoms with Crippen LogP contribution in [0.25, 0.3) is 0 Å². The zero-order chi connectivity index (χ0) is 14.2. The maximum Gasteiger partial charge on any atom is 0.357 e. The number of hydrogen-bond donors (Lipinski definition) is 1. The predicted molar refractivity (Wildman–Crippen MR) is 82.4 cm³/mol. The van der Waals surface area contributed by atoms with Crippen LogP contribution in [-0.2, 0) is 17.7 Å². The van der Waals surface area contributed by atoms with Gasteiger partial charge in [-0.2, -0.15) is 11.3 Å². The van der Waals surface area contributed by atoms with Crippen molar-refractivity contribution in [3.05, 3.63) is 38.5 Å². The lowest BCUT2D eigenvalue weighted by molar-refractivity contribution is 0.0520. The van der Waals surface area contributed by atoms with E-state index in [1.807, 2.05) is 0 Å². The van der Waals surface area contributed by atoms with Gasteiger partial charge in [-0.05, 0) is 48.7 Å². The first-order valence-corrected chi connectivity index (χ1v) is 8.45. The highest BCUT2D eigenvalue weighted by Gasteiger charge is 2.10. The molecule has 0 aliphatic rings. The van der Waals surface area contributed by atoms with E-state index in [2.05, 4.69) is 27.1 Å². The van der Waals surface area contributed by atoms with E-state index in [1.54, 1.807) is 23.6 Å². The van der Waals surface area contributed by atoms with Gasteiger partial charge in [-0.15, -0.1) is 11.3 Å². The largest absolute Gasteiger partial charge is 0.461 e. The standard InChI is InChI=1S/C14H18N2O2S2/c1-2-18-14(17)12-10-20-13(16-12)8-15-6-3-4-11-5-7-19-9-11/h5,7,9-10,15H,2-4,6,8H2,1H3. The smallest absolute Gasteiger partial charge is 0.357 e. The van der Waals surface area contributed by atoms with Gasteiger partial charge in [0.15, 0.2) is 5.69 Å². The molecule has 0 aliphatic heterocycles. The summed E-state index contributed by atoms with van der Waals surface area (Å²) in [5.41, 5.74) is 1.81. The molecule has 0 saturated heterocycles. The number of ether oxygens (including phenoxy) is 1. The van der Waals surface area contributed by atoms with Crippen LogP contribution in [0.1, 0.15) is 34.4 Å². The van der Waals surface area contributed by atoms with Crippen molar-refractivity contribution in [2.45, 2.75) is 26.3 Å². The van der Waals surface area contributed by atoms with Crippen LogP contribution in [-0.4, -0.2) is 24.1 Å². The average Bonchev–Trinajstić information content (AvgIpc) is 3.09. The number of carbonyl (C=O) groups is 1. The van der Waals surface area contributed by atoms with Crippen molar-refractivity contribution in [1.82, 2.24) is 10.3 Å². The summed E-state index contributed by atoms with van der Waals surface area (Å²) in [5.74, 6) is -0.340. The molecule has 0 saturated carbocycles. The summed E-state index contributed by atoms with van der Waals surface area (Å²) in [6, 6.07) is 2.16. The van der Waals surface area contributed by atoms with Gasteiger partial charge in [-0.25, -0.2) is 9.78 Å². The summed E-state index contributed by atoms with van der Waals surface area (Å²) in [4.78, 5) is 15.7. The van der Waals surface area contributed by atoms with Crippen LogP contribution in [0.15, 0.2) is 22.2 Å². The Balaban J connectivity index is 1.65. The fourth-order valence-electron chi connectivity index (χ4n) is 1.74. The van der Waals surface area contributed by atoms with Gasteiger partial charge in [0.05, 0.1) is 6.61 Å². The molecule has 2 rings (SSSR count). The van der Waals surface area contributed by atoms with E-state index in [-0.39, 0.29) is 5.97 Å². The van der Waals surface area contributed by atoms with Crippen LogP contribution in [0.3, 0.4) is 0 Å². The Morgan fingerprint density at radius 1 is 1.45 bits per heavy atom. The van der Waals surface area contributed by atoms with Crippen LogP contribution in [0.5, 0.6) is 0 Å². The number of rotatable bonds is 8. The molecule has 0 amide bonds. The molecule has 108 valence electrons. The zero-order valence-electron chi connectivity index (χ0n) is 11.4. The highest BCUT2D eigenvalue weighted by molar-refractivity contribution is 7.09. The number of nitrogens with one attached hydrogen (secondary N) is 1. The number of thiophene rings is 1. The second-order valence-electron chi connectivity index (χ2n) is 4.26. The molecule has 0 unspecified atom stereocenters. The van der Waals surface area contributed by atoms with E-state index in [4.69, 9.17) is 4.74 Å². The van der Waals surface area contributed by atoms with Gasteiger partial charge in [0, 0.05) is 11.9 Å². The van der Waals surface area contributed by atoms with Crippen molar-refractivity contribution in [1.29, 1.82) is 0 Å². The van der Waals surface area contributed by atoms with Gasteiger partial charge in [0.2, 0.25) is 0 Å². The summed E-state index contributed by atoms with van der Waals surface area (Å²) in [5, 5.41) is 10.3. The maximum atomic E-state index is 11.5. The molecule has 4 nitrogen and oxygen atoms in total. The minimum absolute atomic E-state index is 0.340. The number of hydrogen-bond acceptors (Lipinski definition) is 6. The summed E-state index contributed by atoms with van der Waals surface area (Å²) < 4.78 is 4.91. The quantitative estimate of drug-likeness (QED) is 0.601. The van der Waals surface area contributed by atoms with Crippen molar-refractivity contribution in [2.75, 3.05) is 13.2 Å². The molecule has 2 heterocycles. The number of carbonyl (C=O) groups excluding carboxylic acids is 1. The normalized spacial score (nSPS) is 10.7. The molecule has 0 fully saturated rings. The van der Waals surface area contributed by atoms with Crippen LogP contribution < -0.4 is 5.32 Å². The van der Waals surface area contributed by atoms with Crippen molar-refractivity contribution in [2.24, 2.45) is 0 Å². The summed E-state index contributed by atoms with van der Waals surface area (Å²) in [7, 11) is 0. The third-order valence-corrected chi connectivity index (χ3v) is 4.29. The number of aromatic nitrogens is 1. The van der Waals surface area contributed by atoms with Gasteiger partial charge in [-0.3, -0.25) is 0 Å². The molecule has 0 bridgehead atoms. The second kappa shape index (κ2) is 8.14. The highest BCUT2D eigenvalue weighted by Crippen LogP contribution is 2.11. The first-order chi connectivity index (χ1) is 9.79. The Morgan fingerprint density at radius 3 is 3.10 bits per heavy atom. The minimum atomic E-state index is -0.340. The van der Waals surface area contributed by atoms with Crippen molar-refractivity contribution < 1.29 is 9.53 Å². The van der Waals surface area contributed by atoms with Crippen LogP contribution in [0, 0.1) is 0 Å². The van der Waals surface area contributed by atoms with E-state index in [0.29, 0.717) is 18.8 Å². The molecule has 0 aromatic carbocycles. The summed E-state index contributed by atoms with van der Waals surface area (Å²) >= 11 is 3.22. The molecule has 20 heavy (non-hydrogen) atoms. The average molecular weight is 310 g/mol. The minimum Gasteiger partial charge on any atom is -0.461 e. The van der Waals surface area contributed by atoms with Gasteiger partial charge in [0.1, 0.15) is 5.01 Å². The van der Waals surface area contributed by atoms with E-state index in [0.717, 1.165) is 24.4 Å². The first-order valence-electron chi connectivity index (χ1n) is 6.63. The summed E-state index contributed by atoms with van der Waals surface area (Å²) in [6.07, 6.45) is 2.20. The molecule has 0 radical (unpaired) electrons. The SMILES string of the molecule is CCOC(=O)c1csc(CNCCCc2ccsc2)n1. The summed E-state index contributed by atoms with van der Waals surface area (Å²) in [6.45, 7) is 3.82. The third-order valence-electron chi connectivity index (χ3n) is 2.71. The van der Waals surface area contributed by atoms with Gasteiger partial charge in [-0.1, -0.05) is 0 Å².